The second-order valence-corrected chi connectivity index (χ2v) is 54.5. The van der Waals surface area contributed by atoms with E-state index in [9.17, 15) is 14.7 Å². The number of nitrogens with zero attached hydrogens (tertiary/aromatic N) is 2. The molecular formula is C78H164N2O9Si4. The smallest absolute Gasteiger partial charge is 0.308 e. The molecule has 0 aromatic heterocycles. The summed E-state index contributed by atoms with van der Waals surface area (Å²) in [7, 11) is -8.26. The van der Waals surface area contributed by atoms with E-state index >= 15 is 0 Å². The number of carbonyl (C=O) groups is 2. The van der Waals surface area contributed by atoms with Crippen LogP contribution < -0.4 is 0 Å². The molecule has 0 radical (unpaired) electrons. The Morgan fingerprint density at radius 2 is 0.527 bits per heavy atom. The Bertz CT molecular complexity index is 1640. The maximum atomic E-state index is 13.4. The topological polar surface area (TPSA) is 116 Å². The largest absolute Gasteiger partial charge is 0.466 e. The highest BCUT2D eigenvalue weighted by Crippen LogP contribution is 2.42. The molecule has 556 valence electrons. The lowest BCUT2D eigenvalue weighted by atomic mass is 9.98. The molecule has 1 N–H and O–H groups in total. The van der Waals surface area contributed by atoms with E-state index in [0.29, 0.717) is 12.8 Å². The predicted molar refractivity (Wildman–Crippen MR) is 413 cm³/mol. The van der Waals surface area contributed by atoms with Gasteiger partial charge in [0.2, 0.25) is 0 Å². The van der Waals surface area contributed by atoms with Crippen LogP contribution in [0.2, 0.25) is 72.5 Å². The van der Waals surface area contributed by atoms with Gasteiger partial charge in [-0.15, -0.1) is 0 Å². The van der Waals surface area contributed by atoms with Crippen molar-refractivity contribution in [2.75, 3.05) is 52.5 Å². The molecule has 15 heteroatoms. The number of aliphatic hydroxyl groups is 1. The Balaban J connectivity index is 6.29. The summed E-state index contributed by atoms with van der Waals surface area (Å²) in [6, 6.07) is 0. The summed E-state index contributed by atoms with van der Waals surface area (Å²) in [6.07, 6.45) is 37.7. The molecule has 4 unspecified atom stereocenters. The Kier molecular flexibility index (Phi) is 47.4. The summed E-state index contributed by atoms with van der Waals surface area (Å²) in [6.45, 7) is 63.8. The molecule has 0 aromatic carbocycles. The summed E-state index contributed by atoms with van der Waals surface area (Å²) in [4.78, 5) is 32.1. The summed E-state index contributed by atoms with van der Waals surface area (Å²) < 4.78 is 41.0. The molecular weight excluding hydrogens is 1220 g/mol. The molecule has 93 heavy (non-hydrogen) atoms. The van der Waals surface area contributed by atoms with Gasteiger partial charge in [-0.1, -0.05) is 265 Å². The molecule has 0 bridgehead atoms. The van der Waals surface area contributed by atoms with Crippen molar-refractivity contribution in [3.63, 3.8) is 0 Å². The van der Waals surface area contributed by atoms with Crippen LogP contribution in [0, 0.1) is 0 Å². The van der Waals surface area contributed by atoms with Gasteiger partial charge in [0.1, 0.15) is 0 Å². The highest BCUT2D eigenvalue weighted by Gasteiger charge is 2.43. The van der Waals surface area contributed by atoms with Crippen molar-refractivity contribution in [3.8, 4) is 0 Å². The number of hydrogen-bond acceptors (Lipinski definition) is 11. The average molecular weight is 1390 g/mol. The maximum Gasteiger partial charge on any atom is 0.308 e. The third kappa shape index (κ3) is 43.7. The van der Waals surface area contributed by atoms with Crippen LogP contribution in [0.15, 0.2) is 0 Å². The Hall–Kier alpha value is -0.472. The molecule has 0 rings (SSSR count). The van der Waals surface area contributed by atoms with Gasteiger partial charge in [0.05, 0.1) is 56.1 Å². The first kappa shape index (κ1) is 92.5. The number of esters is 2. The Morgan fingerprint density at radius 3 is 0.731 bits per heavy atom. The Morgan fingerprint density at radius 1 is 0.323 bits per heavy atom. The summed E-state index contributed by atoms with van der Waals surface area (Å²) in [5.41, 5.74) is -1.59. The molecule has 0 saturated heterocycles. The average Bonchev–Trinajstić information content (AvgIpc) is 1.05. The molecule has 0 aromatic rings. The summed E-state index contributed by atoms with van der Waals surface area (Å²) >= 11 is 0. The van der Waals surface area contributed by atoms with E-state index < -0.39 is 50.8 Å². The molecule has 0 fully saturated rings. The monoisotopic (exact) mass is 1390 g/mol. The van der Waals surface area contributed by atoms with Crippen molar-refractivity contribution in [2.45, 2.75) is 439 Å². The first-order valence-electron chi connectivity index (χ1n) is 39.3. The fourth-order valence-electron chi connectivity index (χ4n) is 11.4. The molecule has 11 nitrogen and oxygen atoms in total. The molecule has 0 amide bonds. The second-order valence-electron chi connectivity index (χ2n) is 35.5. The highest BCUT2D eigenvalue weighted by atomic mass is 28.4. The van der Waals surface area contributed by atoms with Crippen molar-refractivity contribution < 1.29 is 41.9 Å². The van der Waals surface area contributed by atoms with Crippen LogP contribution in [0.25, 0.3) is 0 Å². The zero-order valence-corrected chi connectivity index (χ0v) is 71.1. The molecule has 0 aliphatic carbocycles. The third-order valence-corrected chi connectivity index (χ3v) is 39.9. The van der Waals surface area contributed by atoms with Crippen LogP contribution in [0.4, 0.5) is 0 Å². The van der Waals surface area contributed by atoms with Crippen LogP contribution in [-0.2, 0) is 36.8 Å². The standard InChI is InChI=1S/C78H164N2O9Si4/c1-26-30-34-38-42-46-54-68(86-90(18,19)74(5,6)7)64-79(65-69(55-47-43-39-35-31-27-2)87-91(20,21)75(8,9)10)58-50-52-60-84-72(81)62-78(17,83)63-73(82)85-61-53-51-59-80(66-70(56-48-44-40-36-32-28-3)88-92(22,23)76(11,12)13)67-71(57-49-45-41-37-33-29-4)89-93(24,25)77(14,15)16/h68-71,83H,26-67H2,1-25H3. The van der Waals surface area contributed by atoms with Gasteiger partial charge in [-0.05, 0) is 144 Å². The minimum atomic E-state index is -2.07. The van der Waals surface area contributed by atoms with E-state index in [-0.39, 0.29) is 70.6 Å². The van der Waals surface area contributed by atoms with Gasteiger partial charge in [-0.2, -0.15) is 0 Å². The van der Waals surface area contributed by atoms with Gasteiger partial charge in [0.25, 0.3) is 0 Å². The lowest BCUT2D eigenvalue weighted by molar-refractivity contribution is -0.154. The van der Waals surface area contributed by atoms with Crippen LogP contribution in [0.1, 0.15) is 336 Å². The molecule has 0 aliphatic heterocycles. The lowest BCUT2D eigenvalue weighted by Crippen LogP contribution is -2.50. The van der Waals surface area contributed by atoms with Crippen LogP contribution in [0.5, 0.6) is 0 Å². The van der Waals surface area contributed by atoms with E-state index in [1.54, 1.807) is 6.92 Å². The fourth-order valence-corrected chi connectivity index (χ4v) is 16.9. The minimum absolute atomic E-state index is 0.109. The predicted octanol–water partition coefficient (Wildman–Crippen LogP) is 23.3. The number of rotatable bonds is 58. The van der Waals surface area contributed by atoms with Crippen molar-refractivity contribution in [3.05, 3.63) is 0 Å². The highest BCUT2D eigenvalue weighted by molar-refractivity contribution is 6.75. The molecule has 0 saturated carbocycles. The van der Waals surface area contributed by atoms with E-state index in [0.717, 1.165) is 77.8 Å². The number of ether oxygens (including phenoxy) is 2. The third-order valence-electron chi connectivity index (χ3n) is 21.7. The Labute approximate surface area is 584 Å². The van der Waals surface area contributed by atoms with Crippen molar-refractivity contribution in [1.29, 1.82) is 0 Å². The van der Waals surface area contributed by atoms with E-state index in [1.165, 1.54) is 154 Å². The van der Waals surface area contributed by atoms with Gasteiger partial charge in [0.15, 0.2) is 33.3 Å². The fraction of sp³-hybridized carbons (Fsp3) is 0.974. The molecule has 4 atom stereocenters. The maximum absolute atomic E-state index is 13.4. The van der Waals surface area contributed by atoms with Gasteiger partial charge >= 0.3 is 11.9 Å². The van der Waals surface area contributed by atoms with Gasteiger partial charge in [-0.25, -0.2) is 0 Å². The quantitative estimate of drug-likeness (QED) is 0.0356. The lowest BCUT2D eigenvalue weighted by Gasteiger charge is -2.42. The SMILES string of the molecule is CCCCCCCCC(CN(CCCCOC(=O)CC(C)(O)CC(=O)OCCCCN(CC(CCCCCCCC)O[Si](C)(C)C(C)(C)C)CC(CCCCCCCC)O[Si](C)(C)C(C)(C)C)CC(CCCCCCCC)O[Si](C)(C)C(C)(C)C)O[Si](C)(C)C(C)(C)C. The van der Waals surface area contributed by atoms with E-state index in [1.807, 2.05) is 0 Å². The summed E-state index contributed by atoms with van der Waals surface area (Å²) in [5.74, 6) is -0.985. The first-order chi connectivity index (χ1) is 43.1. The van der Waals surface area contributed by atoms with Gasteiger partial charge < -0.3 is 32.3 Å². The number of unbranched alkanes of at least 4 members (excludes halogenated alkanes) is 22. The first-order valence-corrected chi connectivity index (χ1v) is 50.9. The zero-order valence-electron chi connectivity index (χ0n) is 67.1. The van der Waals surface area contributed by atoms with Crippen LogP contribution >= 0.6 is 0 Å². The van der Waals surface area contributed by atoms with Crippen molar-refractivity contribution in [1.82, 2.24) is 9.80 Å². The molecule has 0 aliphatic rings. The number of carbonyl (C=O) groups excluding carboxylic acids is 2. The van der Waals surface area contributed by atoms with Crippen LogP contribution in [-0.4, -0.2) is 143 Å². The van der Waals surface area contributed by atoms with Gasteiger partial charge in [0, 0.05) is 26.2 Å². The molecule has 0 spiro atoms. The summed E-state index contributed by atoms with van der Waals surface area (Å²) in [5, 5.41) is 11.9. The van der Waals surface area contributed by atoms with E-state index in [4.69, 9.17) is 27.2 Å². The normalized spacial score (nSPS) is 15.4. The van der Waals surface area contributed by atoms with Crippen LogP contribution in [0.3, 0.4) is 0 Å². The van der Waals surface area contributed by atoms with Crippen molar-refractivity contribution in [2.24, 2.45) is 0 Å². The van der Waals surface area contributed by atoms with E-state index in [2.05, 4.69) is 173 Å². The number of hydrogen-bond donors (Lipinski definition) is 1. The zero-order chi connectivity index (χ0) is 71.1. The minimum Gasteiger partial charge on any atom is -0.466 e. The van der Waals surface area contributed by atoms with Crippen molar-refractivity contribution >= 4 is 45.2 Å². The second kappa shape index (κ2) is 47.6. The molecule has 0 heterocycles. The van der Waals surface area contributed by atoms with Gasteiger partial charge in [-0.3, -0.25) is 19.4 Å².